The Kier molecular flexibility index (Phi) is 2.95. The monoisotopic (exact) mass is 217 g/mol. The molecule has 0 fully saturated rings. The molecule has 16 heavy (non-hydrogen) atoms. The van der Waals surface area contributed by atoms with Crippen LogP contribution in [0, 0.1) is 6.92 Å². The maximum Gasteiger partial charge on any atom is 0.307 e. The Morgan fingerprint density at radius 1 is 1.38 bits per heavy atom. The number of carbonyl (C=O) groups excluding carboxylic acids is 1. The summed E-state index contributed by atoms with van der Waals surface area (Å²) < 4.78 is 6.74. The second-order valence-electron chi connectivity index (χ2n) is 3.85. The molecule has 2 rings (SSSR count). The molecule has 0 N–H and O–H groups in total. The van der Waals surface area contributed by atoms with Crippen molar-refractivity contribution in [2.45, 2.75) is 19.9 Å². The molecule has 0 saturated heterocycles. The van der Waals surface area contributed by atoms with Gasteiger partial charge in [-0.1, -0.05) is 18.2 Å². The fourth-order valence-corrected chi connectivity index (χ4v) is 1.93. The number of benzene rings is 1. The summed E-state index contributed by atoms with van der Waals surface area (Å²) in [6.07, 6.45) is 2.49. The Morgan fingerprint density at radius 3 is 2.88 bits per heavy atom. The van der Waals surface area contributed by atoms with Crippen LogP contribution in [0.15, 0.2) is 30.5 Å². The molecule has 0 radical (unpaired) electrons. The highest BCUT2D eigenvalue weighted by molar-refractivity contribution is 5.83. The Hall–Kier alpha value is -1.77. The average Bonchev–Trinajstić information content (AvgIpc) is 2.64. The van der Waals surface area contributed by atoms with Crippen LogP contribution in [0.5, 0.6) is 0 Å². The van der Waals surface area contributed by atoms with Gasteiger partial charge in [0.05, 0.1) is 13.5 Å². The molecule has 0 amide bonds. The summed E-state index contributed by atoms with van der Waals surface area (Å²) in [4.78, 5) is 11.1. The van der Waals surface area contributed by atoms with E-state index in [4.69, 9.17) is 0 Å². The van der Waals surface area contributed by atoms with Gasteiger partial charge in [0.2, 0.25) is 0 Å². The van der Waals surface area contributed by atoms with Gasteiger partial charge in [-0.05, 0) is 18.6 Å². The number of hydrogen-bond donors (Lipinski definition) is 0. The lowest BCUT2D eigenvalue weighted by molar-refractivity contribution is -0.140. The van der Waals surface area contributed by atoms with Crippen LogP contribution in [0.2, 0.25) is 0 Å². The van der Waals surface area contributed by atoms with Crippen LogP contribution in [0.4, 0.5) is 0 Å². The number of aromatic nitrogens is 1. The lowest BCUT2D eigenvalue weighted by atomic mass is 10.2. The van der Waals surface area contributed by atoms with E-state index in [0.717, 1.165) is 0 Å². The zero-order valence-electron chi connectivity index (χ0n) is 9.56. The van der Waals surface area contributed by atoms with Crippen LogP contribution in [-0.2, 0) is 16.1 Å². The highest BCUT2D eigenvalue weighted by atomic mass is 16.5. The molecule has 84 valence electrons. The standard InChI is InChI=1S/C13H15NO2/c1-10-9-14(8-7-13(15)16-2)12-6-4-3-5-11(10)12/h3-6,9H,7-8H2,1-2H3. The first-order chi connectivity index (χ1) is 7.72. The van der Waals surface area contributed by atoms with Crippen molar-refractivity contribution in [3.63, 3.8) is 0 Å². The van der Waals surface area contributed by atoms with Gasteiger partial charge in [-0.2, -0.15) is 0 Å². The summed E-state index contributed by atoms with van der Waals surface area (Å²) in [5, 5.41) is 1.24. The average molecular weight is 217 g/mol. The van der Waals surface area contributed by atoms with Crippen LogP contribution in [0.25, 0.3) is 10.9 Å². The van der Waals surface area contributed by atoms with E-state index in [2.05, 4.69) is 34.6 Å². The quantitative estimate of drug-likeness (QED) is 0.740. The fourth-order valence-electron chi connectivity index (χ4n) is 1.93. The van der Waals surface area contributed by atoms with Crippen molar-refractivity contribution in [2.24, 2.45) is 0 Å². The lowest BCUT2D eigenvalue weighted by Crippen LogP contribution is -2.06. The molecule has 0 atom stereocenters. The second-order valence-corrected chi connectivity index (χ2v) is 3.85. The van der Waals surface area contributed by atoms with Crippen LogP contribution in [0.1, 0.15) is 12.0 Å². The normalized spacial score (nSPS) is 10.6. The number of aryl methyl sites for hydroxylation is 2. The Balaban J connectivity index is 2.27. The van der Waals surface area contributed by atoms with Crippen molar-refractivity contribution < 1.29 is 9.53 Å². The fraction of sp³-hybridized carbons (Fsp3) is 0.308. The number of carbonyl (C=O) groups is 1. The van der Waals surface area contributed by atoms with Crippen LogP contribution < -0.4 is 0 Å². The predicted molar refractivity (Wildman–Crippen MR) is 63.3 cm³/mol. The van der Waals surface area contributed by atoms with E-state index >= 15 is 0 Å². The number of fused-ring (bicyclic) bond motifs is 1. The maximum atomic E-state index is 11.1. The van der Waals surface area contributed by atoms with Crippen LogP contribution >= 0.6 is 0 Å². The zero-order chi connectivity index (χ0) is 11.5. The van der Waals surface area contributed by atoms with Gasteiger partial charge in [-0.15, -0.1) is 0 Å². The summed E-state index contributed by atoms with van der Waals surface area (Å²) in [6.45, 7) is 2.75. The molecule has 1 aromatic heterocycles. The third-order valence-electron chi connectivity index (χ3n) is 2.77. The van der Waals surface area contributed by atoms with Gasteiger partial charge in [-0.3, -0.25) is 4.79 Å². The molecule has 0 bridgehead atoms. The summed E-state index contributed by atoms with van der Waals surface area (Å²) >= 11 is 0. The molecule has 3 heteroatoms. The molecule has 1 aromatic carbocycles. The van der Waals surface area contributed by atoms with Gasteiger partial charge in [0.15, 0.2) is 0 Å². The molecule has 0 saturated carbocycles. The molecule has 0 aliphatic carbocycles. The van der Waals surface area contributed by atoms with Crippen molar-refractivity contribution in [3.8, 4) is 0 Å². The highest BCUT2D eigenvalue weighted by Gasteiger charge is 2.06. The first-order valence-corrected chi connectivity index (χ1v) is 5.33. The van der Waals surface area contributed by atoms with Gasteiger partial charge in [0.1, 0.15) is 0 Å². The van der Waals surface area contributed by atoms with Crippen molar-refractivity contribution >= 4 is 16.9 Å². The number of hydrogen-bond acceptors (Lipinski definition) is 2. The SMILES string of the molecule is COC(=O)CCn1cc(C)c2ccccc21. The minimum absolute atomic E-state index is 0.171. The van der Waals surface area contributed by atoms with Crippen LogP contribution in [0.3, 0.4) is 0 Å². The van der Waals surface area contributed by atoms with Crippen LogP contribution in [-0.4, -0.2) is 17.6 Å². The predicted octanol–water partition coefficient (Wildman–Crippen LogP) is 2.51. The largest absolute Gasteiger partial charge is 0.469 e. The van der Waals surface area contributed by atoms with Crippen molar-refractivity contribution in [3.05, 3.63) is 36.0 Å². The number of rotatable bonds is 3. The van der Waals surface area contributed by atoms with Crippen molar-refractivity contribution in [2.75, 3.05) is 7.11 Å². The molecule has 0 spiro atoms. The van der Waals surface area contributed by atoms with Gasteiger partial charge in [-0.25, -0.2) is 0 Å². The van der Waals surface area contributed by atoms with E-state index in [9.17, 15) is 4.79 Å². The van der Waals surface area contributed by atoms with Gasteiger partial charge in [0.25, 0.3) is 0 Å². The Labute approximate surface area is 94.6 Å². The van der Waals surface area contributed by atoms with E-state index < -0.39 is 0 Å². The Morgan fingerprint density at radius 2 is 2.12 bits per heavy atom. The molecular formula is C13H15NO2. The van der Waals surface area contributed by atoms with Gasteiger partial charge >= 0.3 is 5.97 Å². The molecule has 3 nitrogen and oxygen atoms in total. The summed E-state index contributed by atoms with van der Waals surface area (Å²) in [7, 11) is 1.42. The van der Waals surface area contributed by atoms with E-state index in [0.29, 0.717) is 13.0 Å². The second kappa shape index (κ2) is 4.39. The number of methoxy groups -OCH3 is 1. The van der Waals surface area contributed by atoms with E-state index in [1.165, 1.54) is 23.6 Å². The van der Waals surface area contributed by atoms with Crippen molar-refractivity contribution in [1.82, 2.24) is 4.57 Å². The number of nitrogens with zero attached hydrogens (tertiary/aromatic N) is 1. The summed E-state index contributed by atoms with van der Waals surface area (Å²) in [5.74, 6) is -0.171. The number of ether oxygens (including phenoxy) is 1. The third-order valence-corrected chi connectivity index (χ3v) is 2.77. The van der Waals surface area contributed by atoms with E-state index in [1.54, 1.807) is 0 Å². The maximum absolute atomic E-state index is 11.1. The summed E-state index contributed by atoms with van der Waals surface area (Å²) in [6, 6.07) is 8.20. The first-order valence-electron chi connectivity index (χ1n) is 5.33. The lowest BCUT2D eigenvalue weighted by Gasteiger charge is -2.03. The summed E-state index contributed by atoms with van der Waals surface area (Å²) in [5.41, 5.74) is 2.41. The first kappa shape index (κ1) is 10.7. The third kappa shape index (κ3) is 1.94. The minimum Gasteiger partial charge on any atom is -0.469 e. The molecule has 0 aliphatic heterocycles. The topological polar surface area (TPSA) is 31.2 Å². The van der Waals surface area contributed by atoms with Gasteiger partial charge < -0.3 is 9.30 Å². The molecule has 0 aliphatic rings. The number of para-hydroxylation sites is 1. The van der Waals surface area contributed by atoms with E-state index in [1.807, 2.05) is 12.1 Å². The molecular weight excluding hydrogens is 202 g/mol. The molecule has 2 aromatic rings. The van der Waals surface area contributed by atoms with Gasteiger partial charge in [0, 0.05) is 23.6 Å². The minimum atomic E-state index is -0.171. The van der Waals surface area contributed by atoms with Crippen molar-refractivity contribution in [1.29, 1.82) is 0 Å². The Bertz CT molecular complexity index is 514. The highest BCUT2D eigenvalue weighted by Crippen LogP contribution is 2.20. The number of esters is 1. The molecule has 1 heterocycles. The molecule has 0 unspecified atom stereocenters. The zero-order valence-corrected chi connectivity index (χ0v) is 9.56. The smallest absolute Gasteiger partial charge is 0.307 e. The van der Waals surface area contributed by atoms with E-state index in [-0.39, 0.29) is 5.97 Å².